The van der Waals surface area contributed by atoms with Crippen molar-refractivity contribution in [3.8, 4) is 0 Å². The molecule has 3 fully saturated rings. The van der Waals surface area contributed by atoms with Gasteiger partial charge >= 0.3 is 6.03 Å². The second-order valence-electron chi connectivity index (χ2n) is 9.90. The van der Waals surface area contributed by atoms with E-state index in [9.17, 15) is 14.4 Å². The van der Waals surface area contributed by atoms with Crippen molar-refractivity contribution in [1.82, 2.24) is 20.4 Å². The molecule has 2 N–H and O–H groups in total. The van der Waals surface area contributed by atoms with Gasteiger partial charge in [0.15, 0.2) is 0 Å². The molecule has 1 aromatic rings. The summed E-state index contributed by atoms with van der Waals surface area (Å²) in [5.74, 6) is 1.12. The number of benzene rings is 1. The molecule has 35 heavy (non-hydrogen) atoms. The molecule has 3 aliphatic heterocycles. The molecule has 0 saturated carbocycles. The fraction of sp³-hybridized carbons (Fsp3) is 0.640. The summed E-state index contributed by atoms with van der Waals surface area (Å²) in [6.45, 7) is 6.33. The smallest absolute Gasteiger partial charge is 0.328 e. The van der Waals surface area contributed by atoms with Crippen LogP contribution in [0, 0.1) is 11.8 Å². The number of nitrogens with one attached hydrogen (secondary N) is 2. The number of nitrogens with zero attached hydrogens (tertiary/aromatic N) is 3. The van der Waals surface area contributed by atoms with Crippen molar-refractivity contribution in [3.05, 3.63) is 28.8 Å². The van der Waals surface area contributed by atoms with Gasteiger partial charge in [-0.25, -0.2) is 4.79 Å². The standard InChI is InChI=1S/C25H36ClN5O3.ClH/c1-29(17-19-4-10-27-11-5-19)12-6-18-7-13-30(14-8-18)24(33)20-2-3-21(26)22(16-20)31-15-9-23(32)28-25(31)34;/h2-3,16,18-19,27H,4-15,17H2,1H3,(H,28,32,34);1H. The van der Waals surface area contributed by atoms with E-state index in [1.165, 1.54) is 30.7 Å². The number of hydrogen-bond acceptors (Lipinski definition) is 5. The largest absolute Gasteiger partial charge is 0.339 e. The summed E-state index contributed by atoms with van der Waals surface area (Å²) in [5, 5.41) is 6.12. The Bertz CT molecular complexity index is 901. The molecule has 3 heterocycles. The monoisotopic (exact) mass is 525 g/mol. The highest BCUT2D eigenvalue weighted by atomic mass is 35.5. The van der Waals surface area contributed by atoms with Gasteiger partial charge in [-0.2, -0.15) is 0 Å². The van der Waals surface area contributed by atoms with E-state index in [1.807, 2.05) is 4.90 Å². The highest BCUT2D eigenvalue weighted by molar-refractivity contribution is 6.34. The average molecular weight is 527 g/mol. The van der Waals surface area contributed by atoms with Crippen molar-refractivity contribution >= 4 is 47.5 Å². The first-order chi connectivity index (χ1) is 16.4. The second kappa shape index (κ2) is 12.9. The lowest BCUT2D eigenvalue weighted by Crippen LogP contribution is -2.49. The van der Waals surface area contributed by atoms with Gasteiger partial charge in [0.25, 0.3) is 5.91 Å². The average Bonchev–Trinajstić information content (AvgIpc) is 2.84. The summed E-state index contributed by atoms with van der Waals surface area (Å²) in [6, 6.07) is 4.53. The minimum absolute atomic E-state index is 0. The molecule has 1 aromatic carbocycles. The molecule has 0 atom stereocenters. The van der Waals surface area contributed by atoms with Crippen LogP contribution in [0.4, 0.5) is 10.5 Å². The van der Waals surface area contributed by atoms with Crippen LogP contribution in [-0.2, 0) is 4.79 Å². The predicted molar refractivity (Wildman–Crippen MR) is 141 cm³/mol. The highest BCUT2D eigenvalue weighted by Gasteiger charge is 2.28. The van der Waals surface area contributed by atoms with E-state index in [2.05, 4.69) is 22.6 Å². The fourth-order valence-electron chi connectivity index (χ4n) is 5.25. The molecular weight excluding hydrogens is 489 g/mol. The lowest BCUT2D eigenvalue weighted by Gasteiger charge is -2.34. The first-order valence-electron chi connectivity index (χ1n) is 12.5. The van der Waals surface area contributed by atoms with E-state index >= 15 is 0 Å². The molecule has 3 aliphatic rings. The number of likely N-dealkylation sites (tertiary alicyclic amines) is 1. The van der Waals surface area contributed by atoms with Crippen LogP contribution in [0.1, 0.15) is 48.9 Å². The van der Waals surface area contributed by atoms with Crippen LogP contribution in [-0.4, -0.2) is 80.5 Å². The lowest BCUT2D eigenvalue weighted by atomic mass is 9.92. The quantitative estimate of drug-likeness (QED) is 0.569. The van der Waals surface area contributed by atoms with Gasteiger partial charge in [0.2, 0.25) is 5.91 Å². The Morgan fingerprint density at radius 3 is 2.49 bits per heavy atom. The van der Waals surface area contributed by atoms with Gasteiger partial charge in [-0.05, 0) is 88.8 Å². The first-order valence-corrected chi connectivity index (χ1v) is 12.9. The van der Waals surface area contributed by atoms with E-state index in [1.54, 1.807) is 18.2 Å². The zero-order valence-electron chi connectivity index (χ0n) is 20.4. The van der Waals surface area contributed by atoms with E-state index in [0.29, 0.717) is 22.2 Å². The maximum atomic E-state index is 13.2. The summed E-state index contributed by atoms with van der Waals surface area (Å²) >= 11 is 6.32. The number of urea groups is 1. The normalized spacial score (nSPS) is 20.1. The van der Waals surface area contributed by atoms with Gasteiger partial charge in [-0.1, -0.05) is 11.6 Å². The van der Waals surface area contributed by atoms with Crippen molar-refractivity contribution in [2.45, 2.75) is 38.5 Å². The van der Waals surface area contributed by atoms with Crippen molar-refractivity contribution in [3.63, 3.8) is 0 Å². The fourth-order valence-corrected chi connectivity index (χ4v) is 5.47. The number of halogens is 2. The van der Waals surface area contributed by atoms with Crippen molar-refractivity contribution in [2.24, 2.45) is 11.8 Å². The predicted octanol–water partition coefficient (Wildman–Crippen LogP) is 3.38. The van der Waals surface area contributed by atoms with Gasteiger partial charge in [0, 0.05) is 38.2 Å². The molecule has 10 heteroatoms. The Morgan fingerprint density at radius 2 is 1.80 bits per heavy atom. The zero-order chi connectivity index (χ0) is 24.1. The molecule has 0 bridgehead atoms. The van der Waals surface area contributed by atoms with Crippen molar-refractivity contribution in [2.75, 3.05) is 57.8 Å². The third kappa shape index (κ3) is 7.32. The van der Waals surface area contributed by atoms with Crippen LogP contribution < -0.4 is 15.5 Å². The maximum Gasteiger partial charge on any atom is 0.328 e. The van der Waals surface area contributed by atoms with Crippen LogP contribution in [0.25, 0.3) is 0 Å². The molecule has 3 saturated heterocycles. The molecule has 194 valence electrons. The summed E-state index contributed by atoms with van der Waals surface area (Å²) in [4.78, 5) is 42.7. The van der Waals surface area contributed by atoms with Crippen LogP contribution in [0.15, 0.2) is 18.2 Å². The molecule has 0 aromatic heterocycles. The Hall–Kier alpha value is -1.87. The first kappa shape index (κ1) is 27.7. The molecule has 0 unspecified atom stereocenters. The minimum atomic E-state index is -0.506. The van der Waals surface area contributed by atoms with Crippen LogP contribution >= 0.6 is 24.0 Å². The molecule has 0 radical (unpaired) electrons. The Morgan fingerprint density at radius 1 is 1.09 bits per heavy atom. The molecule has 4 amide bonds. The Kier molecular flexibility index (Phi) is 10.2. The SMILES string of the molecule is CN(CCC1CCN(C(=O)c2ccc(Cl)c(N3CCC(=O)NC3=O)c2)CC1)CC1CCNCC1.Cl. The zero-order valence-corrected chi connectivity index (χ0v) is 22.0. The molecule has 0 aliphatic carbocycles. The van der Waals surface area contributed by atoms with Gasteiger partial charge in [-0.3, -0.25) is 19.8 Å². The van der Waals surface area contributed by atoms with E-state index in [4.69, 9.17) is 11.6 Å². The Balaban J connectivity index is 0.00000342. The molecule has 8 nitrogen and oxygen atoms in total. The van der Waals surface area contributed by atoms with Crippen LogP contribution in [0.5, 0.6) is 0 Å². The van der Waals surface area contributed by atoms with E-state index in [0.717, 1.165) is 51.5 Å². The number of carbonyl (C=O) groups is 3. The maximum absolute atomic E-state index is 13.2. The van der Waals surface area contributed by atoms with Crippen LogP contribution in [0.2, 0.25) is 5.02 Å². The van der Waals surface area contributed by atoms with Gasteiger partial charge in [0.05, 0.1) is 10.7 Å². The van der Waals surface area contributed by atoms with Crippen molar-refractivity contribution in [1.29, 1.82) is 0 Å². The number of amides is 4. The van der Waals surface area contributed by atoms with Gasteiger partial charge < -0.3 is 15.1 Å². The Labute approximate surface area is 219 Å². The van der Waals surface area contributed by atoms with Gasteiger partial charge in [0.1, 0.15) is 0 Å². The summed E-state index contributed by atoms with van der Waals surface area (Å²) in [5.41, 5.74) is 0.980. The molecule has 4 rings (SSSR count). The summed E-state index contributed by atoms with van der Waals surface area (Å²) in [6.07, 6.45) is 5.97. The number of piperidine rings is 2. The second-order valence-corrected chi connectivity index (χ2v) is 10.3. The van der Waals surface area contributed by atoms with Crippen LogP contribution in [0.3, 0.4) is 0 Å². The number of rotatable bonds is 7. The summed E-state index contributed by atoms with van der Waals surface area (Å²) in [7, 11) is 2.23. The summed E-state index contributed by atoms with van der Waals surface area (Å²) < 4.78 is 0. The van der Waals surface area contributed by atoms with E-state index in [-0.39, 0.29) is 37.2 Å². The molecule has 0 spiro atoms. The number of imide groups is 1. The third-order valence-corrected chi connectivity index (χ3v) is 7.71. The highest BCUT2D eigenvalue weighted by Crippen LogP contribution is 2.30. The topological polar surface area (TPSA) is 85.0 Å². The number of carbonyl (C=O) groups excluding carboxylic acids is 3. The molecular formula is C25H37Cl2N5O3. The van der Waals surface area contributed by atoms with E-state index < -0.39 is 6.03 Å². The number of hydrogen-bond donors (Lipinski definition) is 2. The third-order valence-electron chi connectivity index (χ3n) is 7.39. The number of anilines is 1. The van der Waals surface area contributed by atoms with Crippen molar-refractivity contribution < 1.29 is 14.4 Å². The lowest BCUT2D eigenvalue weighted by molar-refractivity contribution is -0.120. The minimum Gasteiger partial charge on any atom is -0.339 e. The van der Waals surface area contributed by atoms with Gasteiger partial charge in [-0.15, -0.1) is 12.4 Å².